The van der Waals surface area contributed by atoms with E-state index in [4.69, 9.17) is 9.83 Å². The fraction of sp³-hybridized carbons (Fsp3) is 0.273. The number of fused-ring (bicyclic) bond motifs is 1. The quantitative estimate of drug-likeness (QED) is 0.694. The summed E-state index contributed by atoms with van der Waals surface area (Å²) in [4.78, 5) is 14.9. The molecule has 1 aromatic heterocycles. The summed E-state index contributed by atoms with van der Waals surface area (Å²) in [6, 6.07) is 13.3. The zero-order chi connectivity index (χ0) is 19.6. The van der Waals surface area contributed by atoms with E-state index in [1.54, 1.807) is 6.07 Å². The lowest BCUT2D eigenvalue weighted by Gasteiger charge is -2.21. The lowest BCUT2D eigenvalue weighted by Crippen LogP contribution is -2.22. The second-order valence-electron chi connectivity index (χ2n) is 6.64. The summed E-state index contributed by atoms with van der Waals surface area (Å²) >= 11 is 0. The van der Waals surface area contributed by atoms with Gasteiger partial charge in [-0.2, -0.15) is 0 Å². The fourth-order valence-corrected chi connectivity index (χ4v) is 3.09. The lowest BCUT2D eigenvalue weighted by molar-refractivity contribution is 0.102. The van der Waals surface area contributed by atoms with E-state index in [1.165, 1.54) is 5.56 Å². The molecule has 1 amide bonds. The van der Waals surface area contributed by atoms with Crippen molar-refractivity contribution < 1.29 is 9.21 Å². The van der Waals surface area contributed by atoms with Gasteiger partial charge in [0.2, 0.25) is 5.55 Å². The maximum atomic E-state index is 12.6. The van der Waals surface area contributed by atoms with Crippen LogP contribution in [-0.2, 0) is 0 Å². The molecular formula is C22H25N3O2. The maximum absolute atomic E-state index is 12.6. The molecule has 2 aromatic carbocycles. The molecule has 0 fully saturated rings. The highest BCUT2D eigenvalue weighted by atomic mass is 16.3. The van der Waals surface area contributed by atoms with Crippen molar-refractivity contribution in [3.05, 3.63) is 64.7 Å². The smallest absolute Gasteiger partial charge is 0.261 e. The molecule has 5 nitrogen and oxygen atoms in total. The number of nitrogens with one attached hydrogen (secondary N) is 2. The minimum absolute atomic E-state index is 0.138. The molecule has 0 aliphatic rings. The Balaban J connectivity index is 1.93. The van der Waals surface area contributed by atoms with Gasteiger partial charge in [0.05, 0.1) is 0 Å². The molecule has 0 aliphatic heterocycles. The Kier molecular flexibility index (Phi) is 5.31. The van der Waals surface area contributed by atoms with Crippen molar-refractivity contribution in [2.45, 2.75) is 27.7 Å². The minimum atomic E-state index is -0.346. The van der Waals surface area contributed by atoms with Gasteiger partial charge in [-0.25, -0.2) is 0 Å². The Morgan fingerprint density at radius 2 is 1.78 bits per heavy atom. The third-order valence-corrected chi connectivity index (χ3v) is 4.89. The summed E-state index contributed by atoms with van der Waals surface area (Å²) in [6.45, 7) is 10.0. The molecule has 0 saturated carbocycles. The van der Waals surface area contributed by atoms with Crippen LogP contribution in [0, 0.1) is 19.3 Å². The number of rotatable bonds is 5. The topological polar surface area (TPSA) is 69.3 Å². The van der Waals surface area contributed by atoms with Crippen molar-refractivity contribution in [2.75, 3.05) is 23.3 Å². The first kappa shape index (κ1) is 18.7. The van der Waals surface area contributed by atoms with Gasteiger partial charge in [-0.05, 0) is 69.2 Å². The number of aryl methyl sites for hydroxylation is 2. The number of hydrogen-bond donors (Lipinski definition) is 2. The monoisotopic (exact) mass is 363 g/mol. The van der Waals surface area contributed by atoms with E-state index in [9.17, 15) is 4.79 Å². The van der Waals surface area contributed by atoms with Crippen LogP contribution < -0.4 is 15.8 Å². The molecule has 0 aliphatic carbocycles. The minimum Gasteiger partial charge on any atom is -0.438 e. The van der Waals surface area contributed by atoms with Crippen molar-refractivity contribution in [2.24, 2.45) is 0 Å². The number of carbonyl (C=O) groups excluding carboxylic acids is 1. The van der Waals surface area contributed by atoms with Crippen LogP contribution in [0.4, 0.5) is 11.4 Å². The molecule has 0 bridgehead atoms. The molecule has 0 unspecified atom stereocenters. The third kappa shape index (κ3) is 3.87. The summed E-state index contributed by atoms with van der Waals surface area (Å²) in [5.41, 5.74) is 4.70. The van der Waals surface area contributed by atoms with Crippen LogP contribution in [0.1, 0.15) is 35.3 Å². The van der Waals surface area contributed by atoms with Crippen molar-refractivity contribution in [3.63, 3.8) is 0 Å². The summed E-state index contributed by atoms with van der Waals surface area (Å²) in [5.74, 6) is -0.346. The zero-order valence-electron chi connectivity index (χ0n) is 16.2. The normalized spacial score (nSPS) is 10.8. The SMILES string of the molecule is CCN(CC)c1ccc2cc(C(=O)Nc3ccc(C)c(C)c3)c(=N)oc2c1. The molecule has 27 heavy (non-hydrogen) atoms. The molecule has 1 heterocycles. The number of nitrogens with zero attached hydrogens (tertiary/aromatic N) is 1. The Hall–Kier alpha value is -3.08. The van der Waals surface area contributed by atoms with Crippen LogP contribution in [0.25, 0.3) is 11.0 Å². The molecule has 3 rings (SSSR count). The van der Waals surface area contributed by atoms with E-state index < -0.39 is 0 Å². The van der Waals surface area contributed by atoms with Crippen molar-refractivity contribution >= 4 is 28.3 Å². The Bertz CT molecular complexity index is 1050. The van der Waals surface area contributed by atoms with Gasteiger partial charge in [0, 0.05) is 35.9 Å². The van der Waals surface area contributed by atoms with Crippen LogP contribution in [-0.4, -0.2) is 19.0 Å². The Morgan fingerprint density at radius 1 is 1.04 bits per heavy atom. The molecule has 0 atom stereocenters. The average molecular weight is 363 g/mol. The number of anilines is 2. The number of benzene rings is 2. The maximum Gasteiger partial charge on any atom is 0.261 e. The van der Waals surface area contributed by atoms with Crippen molar-refractivity contribution in [3.8, 4) is 0 Å². The van der Waals surface area contributed by atoms with Gasteiger partial charge < -0.3 is 14.6 Å². The molecule has 2 N–H and O–H groups in total. The molecule has 140 valence electrons. The summed E-state index contributed by atoms with van der Waals surface area (Å²) < 4.78 is 5.65. The Morgan fingerprint density at radius 3 is 2.44 bits per heavy atom. The van der Waals surface area contributed by atoms with Crippen molar-refractivity contribution in [1.82, 2.24) is 0 Å². The second-order valence-corrected chi connectivity index (χ2v) is 6.64. The van der Waals surface area contributed by atoms with Crippen LogP contribution in [0.3, 0.4) is 0 Å². The van der Waals surface area contributed by atoms with Gasteiger partial charge in [-0.3, -0.25) is 10.2 Å². The van der Waals surface area contributed by atoms with E-state index in [2.05, 4.69) is 24.1 Å². The predicted octanol–water partition coefficient (Wildman–Crippen LogP) is 4.63. The molecule has 0 saturated heterocycles. The van der Waals surface area contributed by atoms with E-state index in [0.717, 1.165) is 29.7 Å². The van der Waals surface area contributed by atoms with Crippen LogP contribution in [0.2, 0.25) is 0 Å². The average Bonchev–Trinajstić information content (AvgIpc) is 2.65. The van der Waals surface area contributed by atoms with E-state index in [-0.39, 0.29) is 17.0 Å². The first-order valence-corrected chi connectivity index (χ1v) is 9.19. The van der Waals surface area contributed by atoms with E-state index >= 15 is 0 Å². The first-order valence-electron chi connectivity index (χ1n) is 9.19. The van der Waals surface area contributed by atoms with Crippen LogP contribution in [0.5, 0.6) is 0 Å². The van der Waals surface area contributed by atoms with E-state index in [0.29, 0.717) is 11.3 Å². The van der Waals surface area contributed by atoms with Gasteiger partial charge in [-0.1, -0.05) is 6.07 Å². The highest BCUT2D eigenvalue weighted by molar-refractivity contribution is 6.05. The third-order valence-electron chi connectivity index (χ3n) is 4.89. The largest absolute Gasteiger partial charge is 0.438 e. The molecule has 0 spiro atoms. The highest BCUT2D eigenvalue weighted by Gasteiger charge is 2.13. The number of hydrogen-bond acceptors (Lipinski definition) is 4. The molecule has 0 radical (unpaired) electrons. The summed E-state index contributed by atoms with van der Waals surface area (Å²) in [6.07, 6.45) is 0. The van der Waals surface area contributed by atoms with Gasteiger partial charge in [0.25, 0.3) is 5.91 Å². The number of amides is 1. The number of carbonyl (C=O) groups is 1. The van der Waals surface area contributed by atoms with Gasteiger partial charge in [0.15, 0.2) is 0 Å². The van der Waals surface area contributed by atoms with Crippen LogP contribution in [0.15, 0.2) is 46.9 Å². The fourth-order valence-electron chi connectivity index (χ4n) is 3.09. The van der Waals surface area contributed by atoms with Crippen LogP contribution >= 0.6 is 0 Å². The van der Waals surface area contributed by atoms with Gasteiger partial charge in [0.1, 0.15) is 11.1 Å². The summed E-state index contributed by atoms with van der Waals surface area (Å²) in [5, 5.41) is 11.8. The predicted molar refractivity (Wildman–Crippen MR) is 109 cm³/mol. The summed E-state index contributed by atoms with van der Waals surface area (Å²) in [7, 11) is 0. The molecular weight excluding hydrogens is 338 g/mol. The van der Waals surface area contributed by atoms with Crippen molar-refractivity contribution in [1.29, 1.82) is 5.41 Å². The van der Waals surface area contributed by atoms with Gasteiger partial charge in [-0.15, -0.1) is 0 Å². The standard InChI is InChI=1S/C22H25N3O2/c1-5-25(6-2)18-10-8-16-12-19(21(23)27-20(16)13-18)22(26)24-17-9-7-14(3)15(4)11-17/h7-13,23H,5-6H2,1-4H3,(H,24,26). The molecule has 5 heteroatoms. The molecule has 3 aromatic rings. The lowest BCUT2D eigenvalue weighted by atomic mass is 10.1. The van der Waals surface area contributed by atoms with E-state index in [1.807, 2.05) is 50.2 Å². The highest BCUT2D eigenvalue weighted by Crippen LogP contribution is 2.22. The first-order chi connectivity index (χ1) is 12.9. The zero-order valence-corrected chi connectivity index (χ0v) is 16.2. The Labute approximate surface area is 159 Å². The second kappa shape index (κ2) is 7.66. The van der Waals surface area contributed by atoms with Gasteiger partial charge >= 0.3 is 0 Å².